The van der Waals surface area contributed by atoms with E-state index < -0.39 is 0 Å². The number of halogens is 1. The lowest BCUT2D eigenvalue weighted by molar-refractivity contribution is 0.0939. The van der Waals surface area contributed by atoms with Crippen molar-refractivity contribution in [3.63, 3.8) is 0 Å². The molecule has 90 valence electrons. The molecule has 17 heavy (non-hydrogen) atoms. The van der Waals surface area contributed by atoms with Crippen molar-refractivity contribution in [2.45, 2.75) is 26.3 Å². The smallest absolute Gasteiger partial charge is 0.251 e. The summed E-state index contributed by atoms with van der Waals surface area (Å²) in [6.45, 7) is 4.02. The molecule has 0 aliphatic carbocycles. The minimum absolute atomic E-state index is 0.0645. The third kappa shape index (κ3) is 2.76. The molecule has 5 heteroatoms. The van der Waals surface area contributed by atoms with Crippen LogP contribution in [0, 0.1) is 0 Å². The van der Waals surface area contributed by atoms with Crippen LogP contribution in [0.5, 0.6) is 0 Å². The van der Waals surface area contributed by atoms with Gasteiger partial charge in [-0.15, -0.1) is 11.3 Å². The van der Waals surface area contributed by atoms with Gasteiger partial charge < -0.3 is 5.32 Å². The van der Waals surface area contributed by atoms with Gasteiger partial charge in [0.15, 0.2) is 4.47 Å². The van der Waals surface area contributed by atoms with Gasteiger partial charge in [0.25, 0.3) is 5.91 Å². The van der Waals surface area contributed by atoms with Crippen LogP contribution >= 0.6 is 22.9 Å². The molecule has 0 saturated carbocycles. The average molecular weight is 269 g/mol. The molecule has 0 spiro atoms. The lowest BCUT2D eigenvalue weighted by Gasteiger charge is -2.10. The first-order valence-electron chi connectivity index (χ1n) is 5.47. The van der Waals surface area contributed by atoms with Crippen LogP contribution in [0.15, 0.2) is 18.2 Å². The molecule has 0 radical (unpaired) electrons. The number of nitrogens with one attached hydrogen (secondary N) is 1. The van der Waals surface area contributed by atoms with Crippen LogP contribution in [0.1, 0.15) is 30.6 Å². The predicted octanol–water partition coefficient (Wildman–Crippen LogP) is 3.48. The topological polar surface area (TPSA) is 42.0 Å². The minimum atomic E-state index is -0.0645. The quantitative estimate of drug-likeness (QED) is 0.926. The van der Waals surface area contributed by atoms with E-state index in [1.165, 1.54) is 11.3 Å². The van der Waals surface area contributed by atoms with Gasteiger partial charge in [-0.2, -0.15) is 0 Å². The van der Waals surface area contributed by atoms with Crippen molar-refractivity contribution in [1.82, 2.24) is 10.3 Å². The maximum Gasteiger partial charge on any atom is 0.251 e. The predicted molar refractivity (Wildman–Crippen MR) is 71.8 cm³/mol. The molecule has 1 atom stereocenters. The Morgan fingerprint density at radius 3 is 3.06 bits per heavy atom. The molecule has 2 rings (SSSR count). The molecule has 0 fully saturated rings. The largest absolute Gasteiger partial charge is 0.350 e. The number of benzene rings is 1. The van der Waals surface area contributed by atoms with E-state index in [1.807, 2.05) is 19.9 Å². The van der Waals surface area contributed by atoms with Crippen molar-refractivity contribution in [3.8, 4) is 0 Å². The van der Waals surface area contributed by atoms with Crippen molar-refractivity contribution >= 4 is 39.1 Å². The summed E-state index contributed by atoms with van der Waals surface area (Å²) < 4.78 is 1.49. The molecule has 0 aliphatic heterocycles. The summed E-state index contributed by atoms with van der Waals surface area (Å²) >= 11 is 7.24. The summed E-state index contributed by atoms with van der Waals surface area (Å²) in [5, 5.41) is 2.92. The van der Waals surface area contributed by atoms with E-state index in [4.69, 9.17) is 11.6 Å². The Morgan fingerprint density at radius 1 is 1.59 bits per heavy atom. The van der Waals surface area contributed by atoms with Crippen LogP contribution in [0.3, 0.4) is 0 Å². The Kier molecular flexibility index (Phi) is 3.64. The molecule has 0 saturated heterocycles. The number of thiazole rings is 1. The van der Waals surface area contributed by atoms with Crippen LogP contribution in [-0.2, 0) is 0 Å². The van der Waals surface area contributed by atoms with Gasteiger partial charge in [-0.05, 0) is 31.5 Å². The van der Waals surface area contributed by atoms with E-state index in [0.717, 1.165) is 16.6 Å². The van der Waals surface area contributed by atoms with Crippen LogP contribution in [0.4, 0.5) is 0 Å². The van der Waals surface area contributed by atoms with Crippen LogP contribution in [-0.4, -0.2) is 16.9 Å². The molecule has 3 nitrogen and oxygen atoms in total. The standard InChI is InChI=1S/C12H13ClN2OS/c1-3-7(2)14-11(16)8-4-5-10-9(6-8)15-12(13)17-10/h4-7H,3H2,1-2H3,(H,14,16)/t7-/m1/s1. The minimum Gasteiger partial charge on any atom is -0.350 e. The normalized spacial score (nSPS) is 12.6. The molecule has 0 bridgehead atoms. The zero-order valence-corrected chi connectivity index (χ0v) is 11.2. The van der Waals surface area contributed by atoms with Crippen molar-refractivity contribution in [3.05, 3.63) is 28.2 Å². The second-order valence-electron chi connectivity index (χ2n) is 3.93. The van der Waals surface area contributed by atoms with Gasteiger partial charge in [0, 0.05) is 11.6 Å². The van der Waals surface area contributed by atoms with Gasteiger partial charge in [-0.25, -0.2) is 4.98 Å². The van der Waals surface area contributed by atoms with Crippen molar-refractivity contribution in [1.29, 1.82) is 0 Å². The fourth-order valence-corrected chi connectivity index (χ4v) is 2.46. The number of aromatic nitrogens is 1. The zero-order valence-electron chi connectivity index (χ0n) is 9.66. The first kappa shape index (κ1) is 12.3. The first-order valence-corrected chi connectivity index (χ1v) is 6.66. The summed E-state index contributed by atoms with van der Waals surface area (Å²) in [6, 6.07) is 5.63. The molecule has 1 amide bonds. The van der Waals surface area contributed by atoms with Gasteiger partial charge >= 0.3 is 0 Å². The summed E-state index contributed by atoms with van der Waals surface area (Å²) in [6.07, 6.45) is 0.913. The second-order valence-corrected chi connectivity index (χ2v) is 5.54. The summed E-state index contributed by atoms with van der Waals surface area (Å²) in [5.74, 6) is -0.0645. The molecule has 1 aromatic heterocycles. The number of rotatable bonds is 3. The molecular formula is C12H13ClN2OS. The first-order chi connectivity index (χ1) is 8.10. The van der Waals surface area contributed by atoms with Crippen molar-refractivity contribution in [2.24, 2.45) is 0 Å². The zero-order chi connectivity index (χ0) is 12.4. The van der Waals surface area contributed by atoms with E-state index in [1.54, 1.807) is 12.1 Å². The number of hydrogen-bond donors (Lipinski definition) is 1. The molecule has 1 N–H and O–H groups in total. The Morgan fingerprint density at radius 2 is 2.35 bits per heavy atom. The van der Waals surface area contributed by atoms with Crippen LogP contribution in [0.25, 0.3) is 10.2 Å². The Labute approximate surface area is 109 Å². The second kappa shape index (κ2) is 5.02. The fraction of sp³-hybridized carbons (Fsp3) is 0.333. The number of fused-ring (bicyclic) bond motifs is 1. The lowest BCUT2D eigenvalue weighted by Crippen LogP contribution is -2.31. The van der Waals surface area contributed by atoms with E-state index >= 15 is 0 Å². The van der Waals surface area contributed by atoms with E-state index in [-0.39, 0.29) is 11.9 Å². The van der Waals surface area contributed by atoms with Crippen LogP contribution in [0.2, 0.25) is 4.47 Å². The number of carbonyl (C=O) groups excluding carboxylic acids is 1. The summed E-state index contributed by atoms with van der Waals surface area (Å²) in [7, 11) is 0. The maximum absolute atomic E-state index is 11.9. The molecule has 1 aromatic carbocycles. The Balaban J connectivity index is 2.26. The third-order valence-electron chi connectivity index (χ3n) is 2.61. The van der Waals surface area contributed by atoms with E-state index in [0.29, 0.717) is 10.0 Å². The van der Waals surface area contributed by atoms with Crippen molar-refractivity contribution < 1.29 is 4.79 Å². The maximum atomic E-state index is 11.9. The van der Waals surface area contributed by atoms with Crippen LogP contribution < -0.4 is 5.32 Å². The molecule has 0 unspecified atom stereocenters. The highest BCUT2D eigenvalue weighted by Gasteiger charge is 2.10. The monoisotopic (exact) mass is 268 g/mol. The highest BCUT2D eigenvalue weighted by Crippen LogP contribution is 2.26. The number of hydrogen-bond acceptors (Lipinski definition) is 3. The van der Waals surface area contributed by atoms with Gasteiger partial charge in [0.1, 0.15) is 0 Å². The number of carbonyl (C=O) groups is 1. The summed E-state index contributed by atoms with van der Waals surface area (Å²) in [5.41, 5.74) is 1.40. The molecule has 2 aromatic rings. The number of amides is 1. The number of nitrogens with zero attached hydrogens (tertiary/aromatic N) is 1. The highest BCUT2D eigenvalue weighted by molar-refractivity contribution is 7.22. The molecular weight excluding hydrogens is 256 g/mol. The summed E-state index contributed by atoms with van der Waals surface area (Å²) in [4.78, 5) is 16.1. The van der Waals surface area contributed by atoms with Gasteiger partial charge in [0.05, 0.1) is 10.2 Å². The Hall–Kier alpha value is -1.13. The van der Waals surface area contributed by atoms with E-state index in [9.17, 15) is 4.79 Å². The van der Waals surface area contributed by atoms with E-state index in [2.05, 4.69) is 10.3 Å². The molecule has 1 heterocycles. The highest BCUT2D eigenvalue weighted by atomic mass is 35.5. The third-order valence-corrected chi connectivity index (χ3v) is 3.75. The molecule has 0 aliphatic rings. The van der Waals surface area contributed by atoms with Gasteiger partial charge in [-0.3, -0.25) is 4.79 Å². The lowest BCUT2D eigenvalue weighted by atomic mass is 10.1. The van der Waals surface area contributed by atoms with Gasteiger partial charge in [-0.1, -0.05) is 18.5 Å². The van der Waals surface area contributed by atoms with Gasteiger partial charge in [0.2, 0.25) is 0 Å². The van der Waals surface area contributed by atoms with Crippen molar-refractivity contribution in [2.75, 3.05) is 0 Å². The fourth-order valence-electron chi connectivity index (χ4n) is 1.45. The average Bonchev–Trinajstić information content (AvgIpc) is 2.67. The Bertz CT molecular complexity index is 552. The SMILES string of the molecule is CC[C@@H](C)NC(=O)c1ccc2sc(Cl)nc2c1.